The standard InChI is InChI=1S/C16H19ClFNO/c1-9(2)7-11-14(16(11,3)4)15(20)19-13-6-5-10(17)8-12(13)18/h5-8,11,14H,1-4H3,(H,19,20)/t11-,14-/m1/s1. The predicted molar refractivity (Wildman–Crippen MR) is 80.2 cm³/mol. The molecule has 1 amide bonds. The Balaban J connectivity index is 2.12. The Morgan fingerprint density at radius 2 is 2.05 bits per heavy atom. The lowest BCUT2D eigenvalue weighted by atomic mass is 10.1. The predicted octanol–water partition coefficient (Wildman–Crippen LogP) is 4.66. The number of hydrogen-bond donors (Lipinski definition) is 1. The van der Waals surface area contributed by atoms with Gasteiger partial charge in [-0.2, -0.15) is 0 Å². The molecule has 0 spiro atoms. The molecule has 1 aromatic carbocycles. The van der Waals surface area contributed by atoms with E-state index >= 15 is 0 Å². The summed E-state index contributed by atoms with van der Waals surface area (Å²) in [5.41, 5.74) is 1.29. The van der Waals surface area contributed by atoms with Crippen molar-refractivity contribution < 1.29 is 9.18 Å². The summed E-state index contributed by atoms with van der Waals surface area (Å²) in [7, 11) is 0. The molecule has 108 valence electrons. The Labute approximate surface area is 124 Å². The van der Waals surface area contributed by atoms with E-state index in [0.29, 0.717) is 5.02 Å². The van der Waals surface area contributed by atoms with Crippen molar-refractivity contribution in [2.24, 2.45) is 17.3 Å². The minimum Gasteiger partial charge on any atom is -0.323 e. The third-order valence-corrected chi connectivity index (χ3v) is 4.13. The van der Waals surface area contributed by atoms with E-state index in [0.717, 1.165) is 0 Å². The fourth-order valence-electron chi connectivity index (χ4n) is 2.65. The minimum absolute atomic E-state index is 0.0791. The number of anilines is 1. The summed E-state index contributed by atoms with van der Waals surface area (Å²) < 4.78 is 13.7. The molecule has 2 nitrogen and oxygen atoms in total. The zero-order valence-corrected chi connectivity index (χ0v) is 12.9. The molecule has 2 atom stereocenters. The van der Waals surface area contributed by atoms with Crippen molar-refractivity contribution in [1.29, 1.82) is 0 Å². The van der Waals surface area contributed by atoms with Crippen LogP contribution < -0.4 is 5.32 Å². The molecule has 0 aliphatic heterocycles. The van der Waals surface area contributed by atoms with Gasteiger partial charge in [0, 0.05) is 5.02 Å². The summed E-state index contributed by atoms with van der Waals surface area (Å²) in [5.74, 6) is -0.558. The zero-order valence-electron chi connectivity index (χ0n) is 12.1. The summed E-state index contributed by atoms with van der Waals surface area (Å²) >= 11 is 5.69. The lowest BCUT2D eigenvalue weighted by Crippen LogP contribution is -2.17. The average molecular weight is 296 g/mol. The maximum atomic E-state index is 13.7. The monoisotopic (exact) mass is 295 g/mol. The topological polar surface area (TPSA) is 29.1 Å². The lowest BCUT2D eigenvalue weighted by Gasteiger charge is -2.07. The van der Waals surface area contributed by atoms with Crippen molar-refractivity contribution in [3.05, 3.63) is 40.7 Å². The minimum atomic E-state index is -0.511. The Morgan fingerprint density at radius 3 is 2.60 bits per heavy atom. The van der Waals surface area contributed by atoms with Crippen molar-refractivity contribution in [3.63, 3.8) is 0 Å². The highest BCUT2D eigenvalue weighted by atomic mass is 35.5. The largest absolute Gasteiger partial charge is 0.323 e. The van der Waals surface area contributed by atoms with Crippen LogP contribution in [0.2, 0.25) is 5.02 Å². The van der Waals surface area contributed by atoms with Crippen molar-refractivity contribution in [1.82, 2.24) is 0 Å². The van der Waals surface area contributed by atoms with Gasteiger partial charge < -0.3 is 5.32 Å². The zero-order chi connectivity index (χ0) is 15.1. The number of hydrogen-bond acceptors (Lipinski definition) is 1. The van der Waals surface area contributed by atoms with Gasteiger partial charge in [-0.3, -0.25) is 4.79 Å². The molecule has 0 unspecified atom stereocenters. The molecule has 0 bridgehead atoms. The fourth-order valence-corrected chi connectivity index (χ4v) is 2.81. The van der Waals surface area contributed by atoms with E-state index in [1.54, 1.807) is 6.07 Å². The molecule has 1 fully saturated rings. The highest BCUT2D eigenvalue weighted by Crippen LogP contribution is 2.59. The normalized spacial score (nSPS) is 23.1. The quantitative estimate of drug-likeness (QED) is 0.808. The van der Waals surface area contributed by atoms with Crippen LogP contribution in [0.15, 0.2) is 29.8 Å². The molecule has 0 saturated heterocycles. The maximum absolute atomic E-state index is 13.7. The van der Waals surface area contributed by atoms with Gasteiger partial charge in [-0.05, 0) is 43.4 Å². The van der Waals surface area contributed by atoms with Crippen LogP contribution in [0, 0.1) is 23.1 Å². The number of rotatable bonds is 3. The van der Waals surface area contributed by atoms with Crippen LogP contribution in [0.3, 0.4) is 0 Å². The van der Waals surface area contributed by atoms with Gasteiger partial charge in [-0.25, -0.2) is 4.39 Å². The highest BCUT2D eigenvalue weighted by molar-refractivity contribution is 6.30. The van der Waals surface area contributed by atoms with E-state index in [1.807, 2.05) is 13.8 Å². The molecule has 1 saturated carbocycles. The number of benzene rings is 1. The van der Waals surface area contributed by atoms with Crippen LogP contribution in [0.5, 0.6) is 0 Å². The van der Waals surface area contributed by atoms with Crippen LogP contribution >= 0.6 is 11.6 Å². The third kappa shape index (κ3) is 2.88. The molecule has 4 heteroatoms. The van der Waals surface area contributed by atoms with E-state index in [-0.39, 0.29) is 28.8 Å². The lowest BCUT2D eigenvalue weighted by molar-refractivity contribution is -0.118. The Bertz CT molecular complexity index is 576. The number of carbonyl (C=O) groups excluding carboxylic acids is 1. The van der Waals surface area contributed by atoms with Gasteiger partial charge in [0.25, 0.3) is 0 Å². The second-order valence-electron chi connectivity index (χ2n) is 6.18. The van der Waals surface area contributed by atoms with E-state index in [1.165, 1.54) is 17.7 Å². The van der Waals surface area contributed by atoms with Crippen molar-refractivity contribution in [2.45, 2.75) is 27.7 Å². The Hall–Kier alpha value is -1.35. The van der Waals surface area contributed by atoms with Crippen molar-refractivity contribution >= 4 is 23.2 Å². The number of nitrogens with one attached hydrogen (secondary N) is 1. The summed E-state index contributed by atoms with van der Waals surface area (Å²) in [6, 6.07) is 4.25. The molecule has 1 N–H and O–H groups in total. The molecule has 1 aliphatic rings. The fraction of sp³-hybridized carbons (Fsp3) is 0.438. The highest BCUT2D eigenvalue weighted by Gasteiger charge is 2.60. The Kier molecular flexibility index (Phi) is 3.92. The molecule has 0 heterocycles. The molecule has 2 rings (SSSR count). The van der Waals surface area contributed by atoms with E-state index in [9.17, 15) is 9.18 Å². The first-order valence-corrected chi connectivity index (χ1v) is 7.02. The van der Waals surface area contributed by atoms with Gasteiger partial charge >= 0.3 is 0 Å². The molecular weight excluding hydrogens is 277 g/mol. The van der Waals surface area contributed by atoms with Crippen LogP contribution in [0.4, 0.5) is 10.1 Å². The van der Waals surface area contributed by atoms with Gasteiger partial charge in [0.15, 0.2) is 0 Å². The summed E-state index contributed by atoms with van der Waals surface area (Å²) in [6.07, 6.45) is 2.11. The molecule has 0 radical (unpaired) electrons. The van der Waals surface area contributed by atoms with E-state index in [2.05, 4.69) is 25.2 Å². The SMILES string of the molecule is CC(C)=C[C@@H]1[C@H](C(=O)Nc2ccc(Cl)cc2F)C1(C)C. The van der Waals surface area contributed by atoms with E-state index in [4.69, 9.17) is 11.6 Å². The summed E-state index contributed by atoms with van der Waals surface area (Å²) in [6.45, 7) is 8.14. The Morgan fingerprint density at radius 1 is 1.40 bits per heavy atom. The molecule has 20 heavy (non-hydrogen) atoms. The smallest absolute Gasteiger partial charge is 0.228 e. The van der Waals surface area contributed by atoms with Gasteiger partial charge in [-0.15, -0.1) is 0 Å². The summed E-state index contributed by atoms with van der Waals surface area (Å²) in [5, 5.41) is 2.97. The number of halogens is 2. The van der Waals surface area contributed by atoms with Crippen LogP contribution in [-0.2, 0) is 4.79 Å². The second kappa shape index (κ2) is 5.21. The van der Waals surface area contributed by atoms with E-state index < -0.39 is 5.82 Å². The van der Waals surface area contributed by atoms with Crippen molar-refractivity contribution in [2.75, 3.05) is 5.32 Å². The van der Waals surface area contributed by atoms with Gasteiger partial charge in [0.2, 0.25) is 5.91 Å². The van der Waals surface area contributed by atoms with Crippen LogP contribution in [0.1, 0.15) is 27.7 Å². The first-order valence-electron chi connectivity index (χ1n) is 6.64. The first kappa shape index (κ1) is 15.0. The van der Waals surface area contributed by atoms with Crippen LogP contribution in [0.25, 0.3) is 0 Å². The molecule has 0 aromatic heterocycles. The average Bonchev–Trinajstić information content (AvgIpc) is 2.83. The maximum Gasteiger partial charge on any atom is 0.228 e. The van der Waals surface area contributed by atoms with Crippen LogP contribution in [-0.4, -0.2) is 5.91 Å². The molecule has 1 aliphatic carbocycles. The number of allylic oxidation sites excluding steroid dienone is 2. The van der Waals surface area contributed by atoms with Gasteiger partial charge in [-0.1, -0.05) is 37.1 Å². The second-order valence-corrected chi connectivity index (χ2v) is 6.62. The first-order chi connectivity index (χ1) is 9.23. The third-order valence-electron chi connectivity index (χ3n) is 3.90. The summed E-state index contributed by atoms with van der Waals surface area (Å²) in [4.78, 5) is 12.3. The van der Waals surface area contributed by atoms with Crippen molar-refractivity contribution in [3.8, 4) is 0 Å². The molecule has 1 aromatic rings. The number of amides is 1. The molecular formula is C16H19ClFNO. The van der Waals surface area contributed by atoms with Gasteiger partial charge in [0.05, 0.1) is 11.6 Å². The van der Waals surface area contributed by atoms with Gasteiger partial charge in [0.1, 0.15) is 5.82 Å². The number of carbonyl (C=O) groups is 1.